The third kappa shape index (κ3) is 2.70. The van der Waals surface area contributed by atoms with Crippen LogP contribution < -0.4 is 16.4 Å². The van der Waals surface area contributed by atoms with Crippen LogP contribution in [0.25, 0.3) is 0 Å². The van der Waals surface area contributed by atoms with Crippen LogP contribution in [0.5, 0.6) is 0 Å². The molecule has 1 heterocycles. The molecule has 2 rings (SSSR count). The first-order valence-corrected chi connectivity index (χ1v) is 6.78. The van der Waals surface area contributed by atoms with E-state index in [-0.39, 0.29) is 11.3 Å². The van der Waals surface area contributed by atoms with Gasteiger partial charge in [0.1, 0.15) is 5.82 Å². The molecule has 1 aromatic rings. The van der Waals surface area contributed by atoms with E-state index in [1.165, 1.54) is 12.1 Å². The van der Waals surface area contributed by atoms with Crippen molar-refractivity contribution in [2.45, 2.75) is 19.4 Å². The van der Waals surface area contributed by atoms with Crippen LogP contribution in [0.2, 0.25) is 0 Å². The molecule has 20 heavy (non-hydrogen) atoms. The van der Waals surface area contributed by atoms with E-state index < -0.39 is 11.7 Å². The van der Waals surface area contributed by atoms with E-state index in [0.29, 0.717) is 18.3 Å². The molecule has 1 aliphatic rings. The maximum atomic E-state index is 14.1. The Morgan fingerprint density at radius 1 is 1.45 bits per heavy atom. The van der Waals surface area contributed by atoms with Gasteiger partial charge in [-0.2, -0.15) is 0 Å². The molecule has 1 aromatic carbocycles. The normalized spacial score (nSPS) is 20.1. The minimum atomic E-state index is -0.634. The number of piperazine rings is 1. The Bertz CT molecular complexity index is 520. The van der Waals surface area contributed by atoms with Gasteiger partial charge in [0.2, 0.25) is 0 Å². The highest BCUT2D eigenvalue weighted by Crippen LogP contribution is 2.27. The summed E-state index contributed by atoms with van der Waals surface area (Å²) in [4.78, 5) is 15.6. The number of halogens is 1. The third-order valence-corrected chi connectivity index (χ3v) is 3.97. The molecule has 0 spiro atoms. The van der Waals surface area contributed by atoms with Gasteiger partial charge in [-0.25, -0.2) is 4.39 Å². The standard InChI is InChI=1S/C14H21FN4O/c1-3-9-8-19(5-4-18(9)2)13-6-10(14(17)20)12(16)7-11(13)15/h6-7,9H,3-5,8,16H2,1-2H3,(H2,17,20). The predicted molar refractivity (Wildman–Crippen MR) is 78.3 cm³/mol. The monoisotopic (exact) mass is 280 g/mol. The van der Waals surface area contributed by atoms with Gasteiger partial charge in [-0.1, -0.05) is 6.92 Å². The van der Waals surface area contributed by atoms with Gasteiger partial charge >= 0.3 is 0 Å². The summed E-state index contributed by atoms with van der Waals surface area (Å²) < 4.78 is 14.1. The zero-order valence-electron chi connectivity index (χ0n) is 11.9. The summed E-state index contributed by atoms with van der Waals surface area (Å²) in [6.07, 6.45) is 0.992. The number of carbonyl (C=O) groups excluding carboxylic acids is 1. The van der Waals surface area contributed by atoms with Crippen LogP contribution in [-0.2, 0) is 0 Å². The van der Waals surface area contributed by atoms with Crippen molar-refractivity contribution < 1.29 is 9.18 Å². The zero-order valence-corrected chi connectivity index (χ0v) is 11.9. The first-order chi connectivity index (χ1) is 9.43. The second kappa shape index (κ2) is 5.66. The Labute approximate surface area is 118 Å². The van der Waals surface area contributed by atoms with Gasteiger partial charge in [0.05, 0.1) is 11.3 Å². The molecular weight excluding hydrogens is 259 g/mol. The number of anilines is 2. The number of nitrogen functional groups attached to an aromatic ring is 1. The average molecular weight is 280 g/mol. The second-order valence-electron chi connectivity index (χ2n) is 5.24. The Kier molecular flexibility index (Phi) is 4.13. The van der Waals surface area contributed by atoms with Crippen molar-refractivity contribution in [1.82, 2.24) is 4.90 Å². The lowest BCUT2D eigenvalue weighted by Crippen LogP contribution is -2.51. The molecule has 0 saturated carbocycles. The molecule has 4 N–H and O–H groups in total. The van der Waals surface area contributed by atoms with Crippen molar-refractivity contribution in [1.29, 1.82) is 0 Å². The van der Waals surface area contributed by atoms with E-state index >= 15 is 0 Å². The molecule has 0 aliphatic carbocycles. The molecule has 1 fully saturated rings. The number of benzene rings is 1. The maximum Gasteiger partial charge on any atom is 0.250 e. The van der Waals surface area contributed by atoms with E-state index in [0.717, 1.165) is 19.5 Å². The minimum Gasteiger partial charge on any atom is -0.398 e. The minimum absolute atomic E-state index is 0.0833. The van der Waals surface area contributed by atoms with E-state index in [9.17, 15) is 9.18 Å². The Morgan fingerprint density at radius 3 is 2.75 bits per heavy atom. The van der Waals surface area contributed by atoms with Crippen LogP contribution in [0.15, 0.2) is 12.1 Å². The van der Waals surface area contributed by atoms with Crippen LogP contribution in [0, 0.1) is 5.82 Å². The number of nitrogens with zero attached hydrogens (tertiary/aromatic N) is 2. The number of likely N-dealkylation sites (N-methyl/N-ethyl adjacent to an activating group) is 1. The topological polar surface area (TPSA) is 75.6 Å². The highest BCUT2D eigenvalue weighted by Gasteiger charge is 2.25. The number of amides is 1. The van der Waals surface area contributed by atoms with Gasteiger partial charge in [0, 0.05) is 31.4 Å². The summed E-state index contributed by atoms with van der Waals surface area (Å²) in [7, 11) is 2.07. The van der Waals surface area contributed by atoms with Gasteiger partial charge in [-0.05, 0) is 25.6 Å². The van der Waals surface area contributed by atoms with Gasteiger partial charge < -0.3 is 16.4 Å². The quantitative estimate of drug-likeness (QED) is 0.811. The number of primary amides is 1. The number of rotatable bonds is 3. The predicted octanol–water partition coefficient (Wildman–Crippen LogP) is 1.04. The molecule has 1 amide bonds. The lowest BCUT2D eigenvalue weighted by molar-refractivity contribution is 0.100. The largest absolute Gasteiger partial charge is 0.398 e. The van der Waals surface area contributed by atoms with Crippen molar-refractivity contribution in [2.75, 3.05) is 37.3 Å². The number of nitrogens with two attached hydrogens (primary N) is 2. The molecule has 1 saturated heterocycles. The van der Waals surface area contributed by atoms with Crippen LogP contribution in [0.3, 0.4) is 0 Å². The maximum absolute atomic E-state index is 14.1. The van der Waals surface area contributed by atoms with Crippen molar-refractivity contribution in [3.8, 4) is 0 Å². The number of carbonyl (C=O) groups is 1. The average Bonchev–Trinajstić information content (AvgIpc) is 2.39. The van der Waals surface area contributed by atoms with Gasteiger partial charge in [-0.15, -0.1) is 0 Å². The van der Waals surface area contributed by atoms with Crippen molar-refractivity contribution in [3.05, 3.63) is 23.5 Å². The number of hydrogen-bond donors (Lipinski definition) is 2. The van der Waals surface area contributed by atoms with Crippen molar-refractivity contribution >= 4 is 17.3 Å². The third-order valence-electron chi connectivity index (χ3n) is 3.97. The fourth-order valence-electron chi connectivity index (χ4n) is 2.64. The summed E-state index contributed by atoms with van der Waals surface area (Å²) in [5.41, 5.74) is 11.6. The lowest BCUT2D eigenvalue weighted by Gasteiger charge is -2.40. The van der Waals surface area contributed by atoms with Crippen LogP contribution in [0.1, 0.15) is 23.7 Å². The molecule has 5 nitrogen and oxygen atoms in total. The molecule has 1 atom stereocenters. The van der Waals surface area contributed by atoms with Gasteiger partial charge in [-0.3, -0.25) is 9.69 Å². The summed E-state index contributed by atoms with van der Waals surface area (Å²) in [5, 5.41) is 0. The van der Waals surface area contributed by atoms with E-state index in [4.69, 9.17) is 11.5 Å². The fraction of sp³-hybridized carbons (Fsp3) is 0.500. The summed E-state index contributed by atoms with van der Waals surface area (Å²) in [6.45, 7) is 4.41. The Hall–Kier alpha value is -1.82. The van der Waals surface area contributed by atoms with E-state index in [1.54, 1.807) is 0 Å². The summed E-state index contributed by atoms with van der Waals surface area (Å²) >= 11 is 0. The van der Waals surface area contributed by atoms with Gasteiger partial charge in [0.15, 0.2) is 0 Å². The molecule has 0 bridgehead atoms. The summed E-state index contributed by atoms with van der Waals surface area (Å²) in [6, 6.07) is 3.01. The molecule has 1 unspecified atom stereocenters. The second-order valence-corrected chi connectivity index (χ2v) is 5.24. The lowest BCUT2D eigenvalue weighted by atomic mass is 10.1. The van der Waals surface area contributed by atoms with Crippen LogP contribution in [0.4, 0.5) is 15.8 Å². The van der Waals surface area contributed by atoms with Crippen molar-refractivity contribution in [3.63, 3.8) is 0 Å². The molecule has 0 radical (unpaired) electrons. The molecule has 110 valence electrons. The Morgan fingerprint density at radius 2 is 2.15 bits per heavy atom. The zero-order chi connectivity index (χ0) is 14.9. The molecule has 0 aromatic heterocycles. The van der Waals surface area contributed by atoms with E-state index in [1.807, 2.05) is 4.90 Å². The molecular formula is C14H21FN4O. The SMILES string of the molecule is CCC1CN(c2cc(C(N)=O)c(N)cc2F)CCN1C. The van der Waals surface area contributed by atoms with Gasteiger partial charge in [0.25, 0.3) is 5.91 Å². The number of hydrogen-bond acceptors (Lipinski definition) is 4. The smallest absolute Gasteiger partial charge is 0.250 e. The first-order valence-electron chi connectivity index (χ1n) is 6.78. The van der Waals surface area contributed by atoms with Crippen LogP contribution in [-0.4, -0.2) is 43.5 Å². The molecule has 6 heteroatoms. The fourth-order valence-corrected chi connectivity index (χ4v) is 2.64. The van der Waals surface area contributed by atoms with Crippen LogP contribution >= 0.6 is 0 Å². The first kappa shape index (κ1) is 14.6. The molecule has 1 aliphatic heterocycles. The van der Waals surface area contributed by atoms with Crippen molar-refractivity contribution in [2.24, 2.45) is 5.73 Å². The Balaban J connectivity index is 2.33. The summed E-state index contributed by atoms with van der Waals surface area (Å²) in [5.74, 6) is -1.04. The van der Waals surface area contributed by atoms with E-state index in [2.05, 4.69) is 18.9 Å². The highest BCUT2D eigenvalue weighted by molar-refractivity contribution is 5.99. The highest BCUT2D eigenvalue weighted by atomic mass is 19.1.